The van der Waals surface area contributed by atoms with Crippen molar-refractivity contribution < 1.29 is 4.74 Å². The molecular formula is C20H19N3O. The molecule has 0 N–H and O–H groups in total. The van der Waals surface area contributed by atoms with E-state index in [2.05, 4.69) is 12.1 Å². The van der Waals surface area contributed by atoms with Gasteiger partial charge in [0, 0.05) is 19.3 Å². The third-order valence-electron chi connectivity index (χ3n) is 3.73. The van der Waals surface area contributed by atoms with Gasteiger partial charge >= 0.3 is 0 Å². The van der Waals surface area contributed by atoms with Gasteiger partial charge in [-0.3, -0.25) is 0 Å². The Hall–Kier alpha value is -3.24. The molecular weight excluding hydrogens is 298 g/mol. The first-order valence-electron chi connectivity index (χ1n) is 7.62. The molecule has 0 heterocycles. The van der Waals surface area contributed by atoms with Crippen molar-refractivity contribution >= 4 is 17.3 Å². The number of ether oxygens (including phenoxy) is 1. The lowest BCUT2D eigenvalue weighted by molar-refractivity contribution is 0.415. The van der Waals surface area contributed by atoms with Gasteiger partial charge in [-0.15, -0.1) is 0 Å². The van der Waals surface area contributed by atoms with Crippen LogP contribution in [0.3, 0.4) is 0 Å². The molecule has 0 fully saturated rings. The van der Waals surface area contributed by atoms with Crippen LogP contribution >= 0.6 is 0 Å². The summed E-state index contributed by atoms with van der Waals surface area (Å²) in [6.45, 7) is 0.695. The molecule has 0 spiro atoms. The predicted octanol–water partition coefficient (Wildman–Crippen LogP) is 4.11. The molecule has 0 unspecified atom stereocenters. The molecule has 0 aliphatic rings. The van der Waals surface area contributed by atoms with Gasteiger partial charge in [0.2, 0.25) is 0 Å². The molecule has 0 aliphatic heterocycles. The molecule has 24 heavy (non-hydrogen) atoms. The number of anilines is 1. The molecule has 4 nitrogen and oxygen atoms in total. The Morgan fingerprint density at radius 1 is 1.08 bits per heavy atom. The maximum absolute atomic E-state index is 9.42. The monoisotopic (exact) mass is 317 g/mol. The normalized spacial score (nSPS) is 10.6. The summed E-state index contributed by atoms with van der Waals surface area (Å²) in [6, 6.07) is 19.7. The van der Waals surface area contributed by atoms with E-state index in [-0.39, 0.29) is 0 Å². The van der Waals surface area contributed by atoms with Crippen LogP contribution in [0.1, 0.15) is 17.5 Å². The highest BCUT2D eigenvalue weighted by Crippen LogP contribution is 2.22. The zero-order valence-electron chi connectivity index (χ0n) is 13.9. The fourth-order valence-electron chi connectivity index (χ4n) is 2.29. The van der Waals surface area contributed by atoms with Crippen LogP contribution in [0.15, 0.2) is 48.5 Å². The number of hydrogen-bond donors (Lipinski definition) is 0. The molecule has 0 atom stereocenters. The van der Waals surface area contributed by atoms with Crippen LogP contribution in [-0.2, 0) is 0 Å². The van der Waals surface area contributed by atoms with Crippen molar-refractivity contribution in [2.24, 2.45) is 0 Å². The highest BCUT2D eigenvalue weighted by Gasteiger charge is 2.03. The molecule has 0 radical (unpaired) electrons. The van der Waals surface area contributed by atoms with Gasteiger partial charge in [0.05, 0.1) is 31.2 Å². The van der Waals surface area contributed by atoms with E-state index in [1.54, 1.807) is 7.11 Å². The molecule has 0 amide bonds. The van der Waals surface area contributed by atoms with Crippen molar-refractivity contribution in [2.75, 3.05) is 25.6 Å². The Balaban J connectivity index is 2.19. The van der Waals surface area contributed by atoms with Crippen LogP contribution in [-0.4, -0.2) is 20.7 Å². The van der Waals surface area contributed by atoms with Crippen LogP contribution in [0.5, 0.6) is 5.75 Å². The Labute approximate surface area is 142 Å². The molecule has 0 aliphatic carbocycles. The van der Waals surface area contributed by atoms with E-state index >= 15 is 0 Å². The second-order valence-corrected chi connectivity index (χ2v) is 5.32. The van der Waals surface area contributed by atoms with Crippen molar-refractivity contribution in [2.45, 2.75) is 6.42 Å². The molecule has 120 valence electrons. The second-order valence-electron chi connectivity index (χ2n) is 5.32. The van der Waals surface area contributed by atoms with Crippen molar-refractivity contribution in [3.63, 3.8) is 0 Å². The summed E-state index contributed by atoms with van der Waals surface area (Å²) in [5, 5.41) is 18.1. The Morgan fingerprint density at radius 3 is 2.29 bits per heavy atom. The Bertz CT molecular complexity index is 778. The number of rotatable bonds is 6. The Kier molecular flexibility index (Phi) is 6.00. The van der Waals surface area contributed by atoms with Crippen LogP contribution < -0.4 is 9.64 Å². The molecule has 2 aromatic carbocycles. The lowest BCUT2D eigenvalue weighted by atomic mass is 10.0. The largest absolute Gasteiger partial charge is 0.497 e. The second kappa shape index (κ2) is 8.41. The van der Waals surface area contributed by atoms with Crippen molar-refractivity contribution in [3.05, 3.63) is 59.7 Å². The first-order valence-corrected chi connectivity index (χ1v) is 7.62. The number of nitrogens with zero attached hydrogens (tertiary/aromatic N) is 3. The summed E-state index contributed by atoms with van der Waals surface area (Å²) in [5.74, 6) is 0.765. The number of hydrogen-bond acceptors (Lipinski definition) is 4. The third kappa shape index (κ3) is 4.38. The summed E-state index contributed by atoms with van der Waals surface area (Å²) < 4.78 is 5.14. The third-order valence-corrected chi connectivity index (χ3v) is 3.73. The van der Waals surface area contributed by atoms with Crippen LogP contribution in [0.2, 0.25) is 0 Å². The van der Waals surface area contributed by atoms with Crippen molar-refractivity contribution in [1.29, 1.82) is 10.5 Å². The summed E-state index contributed by atoms with van der Waals surface area (Å²) in [5.41, 5.74) is 3.46. The highest BCUT2D eigenvalue weighted by molar-refractivity contribution is 5.89. The molecule has 0 aromatic heterocycles. The van der Waals surface area contributed by atoms with E-state index in [9.17, 15) is 5.26 Å². The summed E-state index contributed by atoms with van der Waals surface area (Å²) in [6.07, 6.45) is 2.36. The summed E-state index contributed by atoms with van der Waals surface area (Å²) >= 11 is 0. The Morgan fingerprint density at radius 2 is 1.75 bits per heavy atom. The number of benzene rings is 2. The lowest BCUT2D eigenvalue weighted by Crippen LogP contribution is -2.17. The molecule has 0 bridgehead atoms. The minimum absolute atomic E-state index is 0.494. The van der Waals surface area contributed by atoms with E-state index in [1.165, 1.54) is 0 Å². The van der Waals surface area contributed by atoms with Crippen LogP contribution in [0.4, 0.5) is 5.69 Å². The minimum Gasteiger partial charge on any atom is -0.497 e. The average molecular weight is 317 g/mol. The molecule has 2 rings (SSSR count). The fraction of sp³-hybridized carbons (Fsp3) is 0.200. The molecule has 0 saturated heterocycles. The standard InChI is InChI=1S/C20H19N3O/c1-23(13-3-12-21)19-8-4-16(5-9-19)14-18(15-22)17-6-10-20(24-2)11-7-17/h4-11,14H,3,13H2,1-2H3/b18-14+. The van der Waals surface area contributed by atoms with Gasteiger partial charge in [-0.25, -0.2) is 0 Å². The smallest absolute Gasteiger partial charge is 0.118 e. The van der Waals surface area contributed by atoms with Gasteiger partial charge in [0.25, 0.3) is 0 Å². The predicted molar refractivity (Wildman–Crippen MR) is 96.4 cm³/mol. The molecule has 0 saturated carbocycles. The van der Waals surface area contributed by atoms with Gasteiger partial charge in [-0.2, -0.15) is 10.5 Å². The number of methoxy groups -OCH3 is 1. The zero-order valence-corrected chi connectivity index (χ0v) is 13.9. The maximum atomic E-state index is 9.42. The van der Waals surface area contributed by atoms with Gasteiger partial charge in [0.15, 0.2) is 0 Å². The van der Waals surface area contributed by atoms with Gasteiger partial charge in [-0.05, 0) is 53.6 Å². The highest BCUT2D eigenvalue weighted by atomic mass is 16.5. The topological polar surface area (TPSA) is 60.0 Å². The first-order chi connectivity index (χ1) is 11.7. The fourth-order valence-corrected chi connectivity index (χ4v) is 2.29. The molecule has 2 aromatic rings. The zero-order chi connectivity index (χ0) is 17.4. The van der Waals surface area contributed by atoms with Gasteiger partial charge < -0.3 is 9.64 Å². The maximum Gasteiger partial charge on any atom is 0.118 e. The van der Waals surface area contributed by atoms with E-state index in [0.717, 1.165) is 22.6 Å². The van der Waals surface area contributed by atoms with E-state index in [1.807, 2.05) is 66.6 Å². The van der Waals surface area contributed by atoms with Crippen LogP contribution in [0, 0.1) is 22.7 Å². The molecule has 4 heteroatoms. The summed E-state index contributed by atoms with van der Waals surface area (Å²) in [4.78, 5) is 2.03. The summed E-state index contributed by atoms with van der Waals surface area (Å²) in [7, 11) is 3.57. The van der Waals surface area contributed by atoms with E-state index in [0.29, 0.717) is 18.5 Å². The first kappa shape index (κ1) is 17.1. The number of nitriles is 2. The SMILES string of the molecule is COc1ccc(/C(C#N)=C/c2ccc(N(C)CCC#N)cc2)cc1. The van der Waals surface area contributed by atoms with Crippen molar-refractivity contribution in [3.8, 4) is 17.9 Å². The minimum atomic E-state index is 0.494. The number of allylic oxidation sites excluding steroid dienone is 1. The van der Waals surface area contributed by atoms with Crippen LogP contribution in [0.25, 0.3) is 11.6 Å². The van der Waals surface area contributed by atoms with Gasteiger partial charge in [0.1, 0.15) is 5.75 Å². The van der Waals surface area contributed by atoms with Gasteiger partial charge in [-0.1, -0.05) is 12.1 Å². The average Bonchev–Trinajstić information content (AvgIpc) is 2.64. The van der Waals surface area contributed by atoms with E-state index in [4.69, 9.17) is 10.00 Å². The van der Waals surface area contributed by atoms with E-state index < -0.39 is 0 Å². The van der Waals surface area contributed by atoms with Crippen molar-refractivity contribution in [1.82, 2.24) is 0 Å². The quantitative estimate of drug-likeness (QED) is 0.594. The lowest BCUT2D eigenvalue weighted by Gasteiger charge is -2.17.